The fourth-order valence-electron chi connectivity index (χ4n) is 1.21. The Morgan fingerprint density at radius 3 is 2.80 bits per heavy atom. The van der Waals surface area contributed by atoms with Crippen LogP contribution in [-0.2, 0) is 5.75 Å². The van der Waals surface area contributed by atoms with Crippen LogP contribution >= 0.6 is 11.8 Å². The Balaban J connectivity index is 2.76. The summed E-state index contributed by atoms with van der Waals surface area (Å²) in [5.74, 6) is 3.14. The van der Waals surface area contributed by atoms with Gasteiger partial charge in [-0.15, -0.1) is 0 Å². The summed E-state index contributed by atoms with van der Waals surface area (Å²) in [4.78, 5) is 4.26. The van der Waals surface area contributed by atoms with Gasteiger partial charge in [0.1, 0.15) is 0 Å². The Hall–Kier alpha value is -0.940. The van der Waals surface area contributed by atoms with Crippen molar-refractivity contribution in [3.05, 3.63) is 18.0 Å². The number of pyridine rings is 1. The lowest BCUT2D eigenvalue weighted by molar-refractivity contribution is 0.350. The summed E-state index contributed by atoms with van der Waals surface area (Å²) in [5, 5.41) is 0. The third-order valence-corrected chi connectivity index (χ3v) is 2.87. The molecule has 15 heavy (non-hydrogen) atoms. The quantitative estimate of drug-likeness (QED) is 0.743. The van der Waals surface area contributed by atoms with E-state index in [0.29, 0.717) is 12.3 Å². The van der Waals surface area contributed by atoms with Gasteiger partial charge in [0, 0.05) is 30.3 Å². The summed E-state index contributed by atoms with van der Waals surface area (Å²) in [7, 11) is 3.24. The van der Waals surface area contributed by atoms with Gasteiger partial charge in [-0.2, -0.15) is 11.8 Å². The standard InChI is InChI=1S/C10H16N2O2S/c1-13-9-3-5-12-8(10(9)14-2)7-15-6-4-11/h3,5H,4,6-7,11H2,1-2H3. The lowest BCUT2D eigenvalue weighted by Gasteiger charge is -2.10. The van der Waals surface area contributed by atoms with E-state index in [2.05, 4.69) is 4.98 Å². The van der Waals surface area contributed by atoms with Crippen molar-refractivity contribution in [1.29, 1.82) is 0 Å². The van der Waals surface area contributed by atoms with Crippen molar-refractivity contribution in [3.8, 4) is 11.5 Å². The van der Waals surface area contributed by atoms with Gasteiger partial charge in [0.05, 0.1) is 19.9 Å². The van der Waals surface area contributed by atoms with Gasteiger partial charge in [0.2, 0.25) is 0 Å². The molecule has 1 aromatic rings. The van der Waals surface area contributed by atoms with Crippen LogP contribution < -0.4 is 15.2 Å². The average Bonchev–Trinajstić information content (AvgIpc) is 2.29. The van der Waals surface area contributed by atoms with Crippen LogP contribution in [0, 0.1) is 0 Å². The van der Waals surface area contributed by atoms with E-state index in [-0.39, 0.29) is 0 Å². The largest absolute Gasteiger partial charge is 0.493 e. The summed E-state index contributed by atoms with van der Waals surface area (Å²) < 4.78 is 10.5. The first kappa shape index (κ1) is 12.1. The first-order valence-electron chi connectivity index (χ1n) is 4.67. The van der Waals surface area contributed by atoms with Gasteiger partial charge in [0.15, 0.2) is 11.5 Å². The number of thioether (sulfide) groups is 1. The van der Waals surface area contributed by atoms with Crippen molar-refractivity contribution < 1.29 is 9.47 Å². The summed E-state index contributed by atoms with van der Waals surface area (Å²) >= 11 is 1.73. The third-order valence-electron chi connectivity index (χ3n) is 1.87. The molecule has 0 saturated heterocycles. The topological polar surface area (TPSA) is 57.4 Å². The summed E-state index contributed by atoms with van der Waals surface area (Å²) in [6, 6.07) is 1.79. The number of methoxy groups -OCH3 is 2. The fourth-order valence-corrected chi connectivity index (χ4v) is 1.92. The molecule has 4 nitrogen and oxygen atoms in total. The monoisotopic (exact) mass is 228 g/mol. The predicted octanol–water partition coefficient (Wildman–Crippen LogP) is 1.29. The highest BCUT2D eigenvalue weighted by atomic mass is 32.2. The zero-order valence-corrected chi connectivity index (χ0v) is 9.84. The predicted molar refractivity (Wildman–Crippen MR) is 62.6 cm³/mol. The van der Waals surface area contributed by atoms with Crippen molar-refractivity contribution in [2.75, 3.05) is 26.5 Å². The second kappa shape index (κ2) is 6.53. The lowest BCUT2D eigenvalue weighted by Crippen LogP contribution is -2.03. The highest BCUT2D eigenvalue weighted by Crippen LogP contribution is 2.30. The van der Waals surface area contributed by atoms with Crippen LogP contribution in [0.4, 0.5) is 0 Å². The molecule has 0 aliphatic carbocycles. The molecule has 84 valence electrons. The van der Waals surface area contributed by atoms with Gasteiger partial charge < -0.3 is 15.2 Å². The Morgan fingerprint density at radius 2 is 2.20 bits per heavy atom. The molecule has 1 aromatic heterocycles. The molecule has 0 fully saturated rings. The van der Waals surface area contributed by atoms with Crippen LogP contribution in [-0.4, -0.2) is 31.5 Å². The number of hydrogen-bond acceptors (Lipinski definition) is 5. The van der Waals surface area contributed by atoms with Crippen molar-refractivity contribution in [2.45, 2.75) is 5.75 Å². The van der Waals surface area contributed by atoms with Gasteiger partial charge in [-0.1, -0.05) is 0 Å². The minimum absolute atomic E-state index is 0.678. The summed E-state index contributed by atoms with van der Waals surface area (Å²) in [6.07, 6.45) is 1.72. The Labute approximate surface area is 94.2 Å². The van der Waals surface area contributed by atoms with Crippen LogP contribution in [0.5, 0.6) is 11.5 Å². The SMILES string of the molecule is COc1ccnc(CSCCN)c1OC. The van der Waals surface area contributed by atoms with Gasteiger partial charge >= 0.3 is 0 Å². The van der Waals surface area contributed by atoms with Crippen LogP contribution in [0.15, 0.2) is 12.3 Å². The van der Waals surface area contributed by atoms with Crippen molar-refractivity contribution in [1.82, 2.24) is 4.98 Å². The van der Waals surface area contributed by atoms with Gasteiger partial charge in [0.25, 0.3) is 0 Å². The molecule has 2 N–H and O–H groups in total. The van der Waals surface area contributed by atoms with Gasteiger partial charge in [-0.05, 0) is 0 Å². The van der Waals surface area contributed by atoms with E-state index in [0.717, 1.165) is 22.9 Å². The second-order valence-corrected chi connectivity index (χ2v) is 3.94. The molecule has 1 rings (SSSR count). The molecule has 0 aliphatic heterocycles. The van der Waals surface area contributed by atoms with Crippen LogP contribution in [0.3, 0.4) is 0 Å². The zero-order valence-electron chi connectivity index (χ0n) is 9.03. The second-order valence-electron chi connectivity index (χ2n) is 2.83. The molecular weight excluding hydrogens is 212 g/mol. The first-order chi connectivity index (χ1) is 7.33. The molecule has 0 unspecified atom stereocenters. The highest BCUT2D eigenvalue weighted by molar-refractivity contribution is 7.98. The maximum absolute atomic E-state index is 5.42. The number of rotatable bonds is 6. The Bertz CT molecular complexity index is 307. The number of hydrogen-bond donors (Lipinski definition) is 1. The molecule has 0 aromatic carbocycles. The van der Waals surface area contributed by atoms with E-state index >= 15 is 0 Å². The molecule has 0 spiro atoms. The van der Waals surface area contributed by atoms with Gasteiger partial charge in [-0.3, -0.25) is 4.98 Å². The van der Waals surface area contributed by atoms with Crippen molar-refractivity contribution in [3.63, 3.8) is 0 Å². The molecule has 0 radical (unpaired) electrons. The number of nitrogens with two attached hydrogens (primary N) is 1. The van der Waals surface area contributed by atoms with Crippen LogP contribution in [0.2, 0.25) is 0 Å². The highest BCUT2D eigenvalue weighted by Gasteiger charge is 2.10. The molecule has 0 saturated carbocycles. The lowest BCUT2D eigenvalue weighted by atomic mass is 10.3. The van der Waals surface area contributed by atoms with E-state index < -0.39 is 0 Å². The number of ether oxygens (including phenoxy) is 2. The Morgan fingerprint density at radius 1 is 1.40 bits per heavy atom. The smallest absolute Gasteiger partial charge is 0.183 e. The third kappa shape index (κ3) is 3.28. The first-order valence-corrected chi connectivity index (χ1v) is 5.82. The normalized spacial score (nSPS) is 10.1. The maximum atomic E-state index is 5.42. The summed E-state index contributed by atoms with van der Waals surface area (Å²) in [6.45, 7) is 0.678. The maximum Gasteiger partial charge on any atom is 0.183 e. The molecule has 1 heterocycles. The molecule has 5 heteroatoms. The number of aromatic nitrogens is 1. The molecular formula is C10H16N2O2S. The van der Waals surface area contributed by atoms with Crippen LogP contribution in [0.25, 0.3) is 0 Å². The molecule has 0 bridgehead atoms. The van der Waals surface area contributed by atoms with Crippen LogP contribution in [0.1, 0.15) is 5.69 Å². The minimum atomic E-state index is 0.678. The molecule has 0 aliphatic rings. The average molecular weight is 228 g/mol. The van der Waals surface area contributed by atoms with E-state index in [9.17, 15) is 0 Å². The fraction of sp³-hybridized carbons (Fsp3) is 0.500. The minimum Gasteiger partial charge on any atom is -0.493 e. The molecule has 0 amide bonds. The van der Waals surface area contributed by atoms with Crippen molar-refractivity contribution >= 4 is 11.8 Å². The van der Waals surface area contributed by atoms with E-state index in [1.54, 1.807) is 38.2 Å². The summed E-state index contributed by atoms with van der Waals surface area (Å²) in [5.41, 5.74) is 6.32. The van der Waals surface area contributed by atoms with E-state index in [4.69, 9.17) is 15.2 Å². The van der Waals surface area contributed by atoms with Gasteiger partial charge in [-0.25, -0.2) is 0 Å². The number of nitrogens with zero attached hydrogens (tertiary/aromatic N) is 1. The van der Waals surface area contributed by atoms with Crippen molar-refractivity contribution in [2.24, 2.45) is 5.73 Å². The molecule has 0 atom stereocenters. The van der Waals surface area contributed by atoms with E-state index in [1.807, 2.05) is 0 Å². The van der Waals surface area contributed by atoms with E-state index in [1.165, 1.54) is 0 Å². The zero-order chi connectivity index (χ0) is 11.1. The Kier molecular flexibility index (Phi) is 5.28.